The van der Waals surface area contributed by atoms with Gasteiger partial charge < -0.3 is 0 Å². The van der Waals surface area contributed by atoms with Crippen LogP contribution in [0.2, 0.25) is 0 Å². The van der Waals surface area contributed by atoms with Crippen molar-refractivity contribution in [3.63, 3.8) is 0 Å². The van der Waals surface area contributed by atoms with Gasteiger partial charge in [0.25, 0.3) is 10.0 Å². The summed E-state index contributed by atoms with van der Waals surface area (Å²) >= 11 is 1.23. The molecule has 0 aliphatic heterocycles. The fraction of sp³-hybridized carbons (Fsp3) is 0.0588. The van der Waals surface area contributed by atoms with E-state index in [1.807, 2.05) is 31.2 Å². The van der Waals surface area contributed by atoms with Crippen molar-refractivity contribution in [1.29, 1.82) is 0 Å². The van der Waals surface area contributed by atoms with Gasteiger partial charge in [0.05, 0.1) is 10.6 Å². The number of nitrogens with zero attached hydrogens (tertiary/aromatic N) is 2. The third-order valence-electron chi connectivity index (χ3n) is 3.21. The Morgan fingerprint density at radius 2 is 1.96 bits per heavy atom. The molecule has 0 bridgehead atoms. The summed E-state index contributed by atoms with van der Waals surface area (Å²) in [4.78, 5) is 8.46. The third kappa shape index (κ3) is 4.06. The van der Waals surface area contributed by atoms with Gasteiger partial charge in [-0.3, -0.25) is 9.71 Å². The van der Waals surface area contributed by atoms with Crippen molar-refractivity contribution in [3.8, 4) is 0 Å². The Balaban J connectivity index is 1.75. The van der Waals surface area contributed by atoms with Crippen LogP contribution in [-0.2, 0) is 10.0 Å². The predicted octanol–water partition coefficient (Wildman–Crippen LogP) is 4.00. The summed E-state index contributed by atoms with van der Waals surface area (Å²) < 4.78 is 26.9. The van der Waals surface area contributed by atoms with Crippen molar-refractivity contribution in [2.24, 2.45) is 4.99 Å². The minimum Gasteiger partial charge on any atom is -0.256 e. The quantitative estimate of drug-likeness (QED) is 0.702. The number of thiazole rings is 1. The first-order chi connectivity index (χ1) is 11.5. The summed E-state index contributed by atoms with van der Waals surface area (Å²) in [6, 6.07) is 14.4. The highest BCUT2D eigenvalue weighted by Crippen LogP contribution is 2.20. The minimum atomic E-state index is -3.63. The van der Waals surface area contributed by atoms with Gasteiger partial charge in [0.15, 0.2) is 5.13 Å². The molecule has 3 aromatic rings. The van der Waals surface area contributed by atoms with E-state index in [4.69, 9.17) is 0 Å². The fourth-order valence-electron chi connectivity index (χ4n) is 2.06. The Kier molecular flexibility index (Phi) is 4.73. The molecule has 0 radical (unpaired) electrons. The monoisotopic (exact) mass is 357 g/mol. The summed E-state index contributed by atoms with van der Waals surface area (Å²) in [7, 11) is -3.63. The highest BCUT2D eigenvalue weighted by Gasteiger charge is 2.14. The summed E-state index contributed by atoms with van der Waals surface area (Å²) in [6.45, 7) is 2.02. The van der Waals surface area contributed by atoms with Gasteiger partial charge in [-0.2, -0.15) is 0 Å². The second-order valence-corrected chi connectivity index (χ2v) is 7.69. The van der Waals surface area contributed by atoms with Crippen LogP contribution in [-0.4, -0.2) is 19.6 Å². The van der Waals surface area contributed by atoms with E-state index in [-0.39, 0.29) is 4.90 Å². The summed E-state index contributed by atoms with van der Waals surface area (Å²) in [5.74, 6) is 0. The number of hydrogen-bond acceptors (Lipinski definition) is 5. The lowest BCUT2D eigenvalue weighted by Gasteiger charge is -2.05. The zero-order valence-corrected chi connectivity index (χ0v) is 14.5. The van der Waals surface area contributed by atoms with Crippen LogP contribution in [0.15, 0.2) is 70.0 Å². The molecule has 0 unspecified atom stereocenters. The molecule has 0 saturated heterocycles. The second-order valence-electron chi connectivity index (χ2n) is 5.11. The maximum atomic E-state index is 12.2. The predicted molar refractivity (Wildman–Crippen MR) is 97.8 cm³/mol. The highest BCUT2D eigenvalue weighted by molar-refractivity contribution is 7.93. The first kappa shape index (κ1) is 16.4. The van der Waals surface area contributed by atoms with E-state index in [1.165, 1.54) is 23.5 Å². The third-order valence-corrected chi connectivity index (χ3v) is 5.38. The van der Waals surface area contributed by atoms with E-state index in [0.717, 1.165) is 11.1 Å². The van der Waals surface area contributed by atoms with Gasteiger partial charge in [-0.25, -0.2) is 13.4 Å². The Morgan fingerprint density at radius 3 is 2.62 bits per heavy atom. The van der Waals surface area contributed by atoms with Crippen LogP contribution in [0.5, 0.6) is 0 Å². The molecular formula is C17H15N3O2S2. The molecule has 7 heteroatoms. The Hall–Kier alpha value is -2.51. The number of sulfonamides is 1. The lowest BCUT2D eigenvalue weighted by Crippen LogP contribution is -2.12. The van der Waals surface area contributed by atoms with Gasteiger partial charge in [-0.15, -0.1) is 11.3 Å². The van der Waals surface area contributed by atoms with Crippen LogP contribution < -0.4 is 4.72 Å². The van der Waals surface area contributed by atoms with E-state index in [1.54, 1.807) is 29.9 Å². The van der Waals surface area contributed by atoms with Crippen LogP contribution in [0.4, 0.5) is 10.8 Å². The van der Waals surface area contributed by atoms with Gasteiger partial charge in [-0.05, 0) is 36.8 Å². The molecule has 0 atom stereocenters. The number of rotatable bonds is 5. The van der Waals surface area contributed by atoms with Gasteiger partial charge in [0, 0.05) is 17.8 Å². The van der Waals surface area contributed by atoms with Gasteiger partial charge >= 0.3 is 0 Å². The molecule has 3 rings (SSSR count). The molecule has 1 aromatic heterocycles. The van der Waals surface area contributed by atoms with Crippen molar-refractivity contribution in [2.45, 2.75) is 11.8 Å². The van der Waals surface area contributed by atoms with Crippen LogP contribution in [0.25, 0.3) is 0 Å². The molecule has 2 aromatic carbocycles. The van der Waals surface area contributed by atoms with Crippen molar-refractivity contribution >= 4 is 38.4 Å². The van der Waals surface area contributed by atoms with E-state index < -0.39 is 10.0 Å². The SMILES string of the molecule is Cc1cccc(/C=N/c2ccc(S(=O)(=O)Nc3nccs3)cc2)c1. The molecule has 1 heterocycles. The first-order valence-electron chi connectivity index (χ1n) is 7.16. The van der Waals surface area contributed by atoms with Crippen molar-refractivity contribution in [2.75, 3.05) is 4.72 Å². The smallest absolute Gasteiger partial charge is 0.256 e. The van der Waals surface area contributed by atoms with Gasteiger partial charge in [0.2, 0.25) is 0 Å². The number of aryl methyl sites for hydroxylation is 1. The molecule has 1 N–H and O–H groups in total. The Labute approximate surface area is 144 Å². The van der Waals surface area contributed by atoms with E-state index >= 15 is 0 Å². The van der Waals surface area contributed by atoms with Crippen molar-refractivity contribution in [3.05, 3.63) is 71.2 Å². The Bertz CT molecular complexity index is 948. The lowest BCUT2D eigenvalue weighted by atomic mass is 10.1. The molecule has 122 valence electrons. The summed E-state index contributed by atoms with van der Waals surface area (Å²) in [5.41, 5.74) is 2.84. The van der Waals surface area contributed by atoms with E-state index in [0.29, 0.717) is 10.8 Å². The zero-order chi connectivity index (χ0) is 17.0. The molecule has 0 amide bonds. The minimum absolute atomic E-state index is 0.173. The maximum Gasteiger partial charge on any atom is 0.263 e. The molecule has 0 aliphatic rings. The molecule has 0 saturated carbocycles. The number of benzene rings is 2. The molecule has 5 nitrogen and oxygen atoms in total. The Morgan fingerprint density at radius 1 is 1.17 bits per heavy atom. The highest BCUT2D eigenvalue weighted by atomic mass is 32.2. The number of hydrogen-bond donors (Lipinski definition) is 1. The van der Waals surface area contributed by atoms with E-state index in [9.17, 15) is 8.42 Å². The summed E-state index contributed by atoms with van der Waals surface area (Å²) in [5, 5.41) is 2.05. The number of nitrogens with one attached hydrogen (secondary N) is 1. The van der Waals surface area contributed by atoms with Crippen LogP contribution >= 0.6 is 11.3 Å². The molecular weight excluding hydrogens is 342 g/mol. The van der Waals surface area contributed by atoms with E-state index in [2.05, 4.69) is 14.7 Å². The summed E-state index contributed by atoms with van der Waals surface area (Å²) in [6.07, 6.45) is 3.30. The van der Waals surface area contributed by atoms with Crippen LogP contribution in [0, 0.1) is 6.92 Å². The molecule has 24 heavy (non-hydrogen) atoms. The topological polar surface area (TPSA) is 71.4 Å². The first-order valence-corrected chi connectivity index (χ1v) is 9.52. The standard InChI is InChI=1S/C17H15N3O2S2/c1-13-3-2-4-14(11-13)12-19-15-5-7-16(8-6-15)24(21,22)20-17-18-9-10-23-17/h2-12H,1H3,(H,18,20)/b19-12+. The maximum absolute atomic E-state index is 12.2. The van der Waals surface area contributed by atoms with Crippen molar-refractivity contribution in [1.82, 2.24) is 4.98 Å². The normalized spacial score (nSPS) is 11.7. The number of anilines is 1. The molecule has 0 fully saturated rings. The molecule has 0 aliphatic carbocycles. The average molecular weight is 357 g/mol. The number of aliphatic imine (C=N–C) groups is 1. The average Bonchev–Trinajstić information content (AvgIpc) is 3.06. The fourth-order valence-corrected chi connectivity index (χ4v) is 3.85. The zero-order valence-electron chi connectivity index (χ0n) is 12.9. The second kappa shape index (κ2) is 6.94. The van der Waals surface area contributed by atoms with Gasteiger partial charge in [-0.1, -0.05) is 29.8 Å². The largest absolute Gasteiger partial charge is 0.263 e. The van der Waals surface area contributed by atoms with Crippen LogP contribution in [0.1, 0.15) is 11.1 Å². The van der Waals surface area contributed by atoms with Crippen molar-refractivity contribution < 1.29 is 8.42 Å². The number of aromatic nitrogens is 1. The van der Waals surface area contributed by atoms with Gasteiger partial charge in [0.1, 0.15) is 0 Å². The molecule has 0 spiro atoms. The van der Waals surface area contributed by atoms with Crippen LogP contribution in [0.3, 0.4) is 0 Å². The lowest BCUT2D eigenvalue weighted by molar-refractivity contribution is 0.601.